The Kier molecular flexibility index (Phi) is 3.75. The van der Waals surface area contributed by atoms with Crippen molar-refractivity contribution in [3.05, 3.63) is 59.9 Å². The number of hydrazine groups is 1. The summed E-state index contributed by atoms with van der Waals surface area (Å²) >= 11 is 0. The van der Waals surface area contributed by atoms with Gasteiger partial charge in [-0.1, -0.05) is 6.07 Å². The van der Waals surface area contributed by atoms with Crippen molar-refractivity contribution in [3.63, 3.8) is 0 Å². The summed E-state index contributed by atoms with van der Waals surface area (Å²) in [7, 11) is 0. The van der Waals surface area contributed by atoms with Gasteiger partial charge < -0.3 is 14.8 Å². The zero-order chi connectivity index (χ0) is 18.4. The maximum Gasteiger partial charge on any atom is 0.264 e. The summed E-state index contributed by atoms with van der Waals surface area (Å²) < 4.78 is 11.3. The Labute approximate surface area is 157 Å². The number of fused-ring (bicyclic) bond motifs is 2. The molecule has 0 bridgehead atoms. The van der Waals surface area contributed by atoms with Gasteiger partial charge in [0, 0.05) is 41.7 Å². The average Bonchev–Trinajstić information content (AvgIpc) is 3.05. The Morgan fingerprint density at radius 2 is 2.04 bits per heavy atom. The summed E-state index contributed by atoms with van der Waals surface area (Å²) in [6.07, 6.45) is 5.05. The highest BCUT2D eigenvalue weighted by Gasteiger charge is 2.44. The lowest BCUT2D eigenvalue weighted by molar-refractivity contribution is -0.130. The molecule has 7 heteroatoms. The largest absolute Gasteiger partial charge is 0.486 e. The van der Waals surface area contributed by atoms with Gasteiger partial charge in [-0.2, -0.15) is 0 Å². The van der Waals surface area contributed by atoms with E-state index in [0.29, 0.717) is 19.0 Å². The molecule has 3 unspecified atom stereocenters. The molecule has 4 heterocycles. The predicted octanol–water partition coefficient (Wildman–Crippen LogP) is 1.64. The van der Waals surface area contributed by atoms with Crippen LogP contribution in [0.2, 0.25) is 0 Å². The van der Waals surface area contributed by atoms with Gasteiger partial charge in [-0.3, -0.25) is 14.8 Å². The van der Waals surface area contributed by atoms with E-state index in [2.05, 4.69) is 22.7 Å². The number of ether oxygens (including phenoxy) is 2. The number of nitrogens with zero attached hydrogens (tertiary/aromatic N) is 2. The van der Waals surface area contributed by atoms with Crippen LogP contribution in [-0.4, -0.2) is 41.3 Å². The first-order valence-electron chi connectivity index (χ1n) is 9.08. The third kappa shape index (κ3) is 2.71. The molecule has 0 radical (unpaired) electrons. The van der Waals surface area contributed by atoms with Crippen LogP contribution in [-0.2, 0) is 4.79 Å². The minimum atomic E-state index is -0.190. The fourth-order valence-corrected chi connectivity index (χ4v) is 3.98. The molecular formula is C20H20N4O3. The number of hydrogen-bond donors (Lipinski definition) is 2. The smallest absolute Gasteiger partial charge is 0.264 e. The van der Waals surface area contributed by atoms with Crippen molar-refractivity contribution in [2.24, 2.45) is 0 Å². The van der Waals surface area contributed by atoms with Crippen LogP contribution < -0.4 is 20.2 Å². The van der Waals surface area contributed by atoms with Gasteiger partial charge in [-0.05, 0) is 36.8 Å². The lowest BCUT2D eigenvalue weighted by Crippen LogP contribution is -2.52. The van der Waals surface area contributed by atoms with E-state index in [-0.39, 0.29) is 24.0 Å². The Morgan fingerprint density at radius 1 is 1.19 bits per heavy atom. The van der Waals surface area contributed by atoms with E-state index in [1.165, 1.54) is 0 Å². The molecule has 1 aromatic heterocycles. The quantitative estimate of drug-likeness (QED) is 0.844. The number of pyridine rings is 1. The molecule has 3 aliphatic rings. The highest BCUT2D eigenvalue weighted by Crippen LogP contribution is 2.36. The summed E-state index contributed by atoms with van der Waals surface area (Å²) in [5, 5.41) is 5.20. The fraction of sp³-hybridized carbons (Fsp3) is 0.300. The number of amides is 1. The van der Waals surface area contributed by atoms with E-state index in [1.807, 2.05) is 36.5 Å². The topological polar surface area (TPSA) is 75.7 Å². The Hall–Kier alpha value is -3.06. The van der Waals surface area contributed by atoms with Gasteiger partial charge in [0.1, 0.15) is 19.4 Å². The summed E-state index contributed by atoms with van der Waals surface area (Å²) in [5.74, 6) is 1.46. The van der Waals surface area contributed by atoms with Crippen molar-refractivity contribution < 1.29 is 14.3 Å². The lowest BCUT2D eigenvalue weighted by atomic mass is 9.91. The van der Waals surface area contributed by atoms with Crippen molar-refractivity contribution in [1.29, 1.82) is 0 Å². The molecule has 0 saturated carbocycles. The van der Waals surface area contributed by atoms with Crippen molar-refractivity contribution in [2.45, 2.75) is 25.0 Å². The zero-order valence-electron chi connectivity index (χ0n) is 14.9. The van der Waals surface area contributed by atoms with Gasteiger partial charge in [0.05, 0.1) is 0 Å². The molecule has 0 aliphatic carbocycles. The van der Waals surface area contributed by atoms with Crippen LogP contribution in [0.25, 0.3) is 5.70 Å². The first-order chi connectivity index (χ1) is 13.2. The van der Waals surface area contributed by atoms with Gasteiger partial charge in [0.25, 0.3) is 5.91 Å². The first kappa shape index (κ1) is 16.1. The average molecular weight is 364 g/mol. The van der Waals surface area contributed by atoms with E-state index in [1.54, 1.807) is 17.3 Å². The Bertz CT molecular complexity index is 915. The predicted molar refractivity (Wildman–Crippen MR) is 98.8 cm³/mol. The number of benzene rings is 1. The van der Waals surface area contributed by atoms with E-state index in [0.717, 1.165) is 22.6 Å². The zero-order valence-corrected chi connectivity index (χ0v) is 14.9. The second-order valence-corrected chi connectivity index (χ2v) is 6.94. The van der Waals surface area contributed by atoms with E-state index in [9.17, 15) is 4.79 Å². The van der Waals surface area contributed by atoms with Crippen LogP contribution in [0.15, 0.2) is 48.8 Å². The van der Waals surface area contributed by atoms with E-state index >= 15 is 0 Å². The SMILES string of the molecule is CC1NN2C(=O)C=C(c3ccc4c(c3)OCCO4)NC2C1c1cccnc1. The van der Waals surface area contributed by atoms with Crippen LogP contribution in [0.4, 0.5) is 0 Å². The van der Waals surface area contributed by atoms with Crippen LogP contribution >= 0.6 is 0 Å². The lowest BCUT2D eigenvalue weighted by Gasteiger charge is -2.33. The Morgan fingerprint density at radius 3 is 2.85 bits per heavy atom. The van der Waals surface area contributed by atoms with Crippen LogP contribution in [0.3, 0.4) is 0 Å². The van der Waals surface area contributed by atoms with Gasteiger partial charge in [-0.25, -0.2) is 5.43 Å². The maximum absolute atomic E-state index is 12.7. The minimum Gasteiger partial charge on any atom is -0.486 e. The summed E-state index contributed by atoms with van der Waals surface area (Å²) in [5.41, 5.74) is 6.05. The van der Waals surface area contributed by atoms with Gasteiger partial charge >= 0.3 is 0 Å². The van der Waals surface area contributed by atoms with Gasteiger partial charge in [0.2, 0.25) is 0 Å². The molecule has 1 fully saturated rings. The molecule has 7 nitrogen and oxygen atoms in total. The number of aromatic nitrogens is 1. The van der Waals surface area contributed by atoms with Crippen molar-refractivity contribution in [1.82, 2.24) is 20.7 Å². The maximum atomic E-state index is 12.7. The summed E-state index contributed by atoms with van der Waals surface area (Å²) in [6, 6.07) is 9.82. The molecule has 2 N–H and O–H groups in total. The molecule has 5 rings (SSSR count). The molecule has 27 heavy (non-hydrogen) atoms. The normalized spacial score (nSPS) is 26.3. The van der Waals surface area contributed by atoms with Crippen LogP contribution in [0, 0.1) is 0 Å². The number of nitrogens with one attached hydrogen (secondary N) is 2. The molecule has 1 saturated heterocycles. The standard InChI is InChI=1S/C20H20N4O3/c1-12-19(14-3-2-6-21-11-14)20-22-15(10-18(25)24(20)23-12)13-4-5-16-17(9-13)27-8-7-26-16/h2-6,9-12,19-20,22-23H,7-8H2,1H3. The van der Waals surface area contributed by atoms with Crippen LogP contribution in [0.1, 0.15) is 24.0 Å². The van der Waals surface area contributed by atoms with Crippen LogP contribution in [0.5, 0.6) is 11.5 Å². The monoisotopic (exact) mass is 364 g/mol. The second kappa shape index (κ2) is 6.28. The molecule has 1 amide bonds. The van der Waals surface area contributed by atoms with E-state index in [4.69, 9.17) is 9.47 Å². The summed E-state index contributed by atoms with van der Waals surface area (Å²) in [6.45, 7) is 3.16. The van der Waals surface area contributed by atoms with Gasteiger partial charge in [-0.15, -0.1) is 0 Å². The highest BCUT2D eigenvalue weighted by atomic mass is 16.6. The first-order valence-corrected chi connectivity index (χ1v) is 9.08. The number of rotatable bonds is 2. The molecule has 138 valence electrons. The number of hydrogen-bond acceptors (Lipinski definition) is 6. The molecule has 0 spiro atoms. The second-order valence-electron chi connectivity index (χ2n) is 6.94. The van der Waals surface area contributed by atoms with Crippen molar-refractivity contribution in [3.8, 4) is 11.5 Å². The summed E-state index contributed by atoms with van der Waals surface area (Å²) in [4.78, 5) is 17.0. The van der Waals surface area contributed by atoms with Crippen molar-refractivity contribution in [2.75, 3.05) is 13.2 Å². The van der Waals surface area contributed by atoms with Crippen molar-refractivity contribution >= 4 is 11.6 Å². The van der Waals surface area contributed by atoms with E-state index < -0.39 is 0 Å². The fourth-order valence-electron chi connectivity index (χ4n) is 3.98. The molecule has 3 atom stereocenters. The molecule has 1 aromatic carbocycles. The minimum absolute atomic E-state index is 0.0677. The third-order valence-electron chi connectivity index (χ3n) is 5.23. The molecule has 2 aromatic rings. The third-order valence-corrected chi connectivity index (χ3v) is 5.23. The highest BCUT2D eigenvalue weighted by molar-refractivity contribution is 5.97. The number of carbonyl (C=O) groups excluding carboxylic acids is 1. The molecule has 3 aliphatic heterocycles. The molecular weight excluding hydrogens is 344 g/mol. The Balaban J connectivity index is 1.48. The van der Waals surface area contributed by atoms with Gasteiger partial charge in [0.15, 0.2) is 11.5 Å². The number of carbonyl (C=O) groups is 1.